The smallest absolute Gasteiger partial charge is 0.242 e. The summed E-state index contributed by atoms with van der Waals surface area (Å²) in [5, 5.41) is 6.77. The number of guanidine groups is 1. The van der Waals surface area contributed by atoms with Crippen LogP contribution in [0.5, 0.6) is 0 Å². The molecule has 1 aliphatic rings. The maximum absolute atomic E-state index is 12.4. The fourth-order valence-electron chi connectivity index (χ4n) is 3.78. The first-order valence-corrected chi connectivity index (χ1v) is 12.3. The third kappa shape index (κ3) is 7.54. The molecule has 0 saturated carbocycles. The van der Waals surface area contributed by atoms with Crippen LogP contribution in [0.15, 0.2) is 10.4 Å². The van der Waals surface area contributed by atoms with E-state index in [-0.39, 0.29) is 5.91 Å². The van der Waals surface area contributed by atoms with Crippen molar-refractivity contribution >= 4 is 23.2 Å². The average Bonchev–Trinajstić information content (AvgIpc) is 3.20. The molecule has 0 unspecified atom stereocenters. The van der Waals surface area contributed by atoms with Crippen LogP contribution in [-0.4, -0.2) is 84.4 Å². The highest BCUT2D eigenvalue weighted by Gasteiger charge is 2.21. The number of nitrogens with zero attached hydrogens (tertiary/aromatic N) is 5. The predicted molar refractivity (Wildman–Crippen MR) is 126 cm³/mol. The Kier molecular flexibility index (Phi) is 10.6. The minimum absolute atomic E-state index is 0.148. The van der Waals surface area contributed by atoms with Gasteiger partial charge in [0.05, 0.1) is 17.2 Å². The maximum Gasteiger partial charge on any atom is 0.242 e. The quantitative estimate of drug-likeness (QED) is 0.451. The lowest BCUT2D eigenvalue weighted by molar-refractivity contribution is -0.131. The highest BCUT2D eigenvalue weighted by Crippen LogP contribution is 2.20. The molecule has 170 valence electrons. The molecule has 30 heavy (non-hydrogen) atoms. The number of likely N-dealkylation sites (N-methyl/N-ethyl adjacent to an activating group) is 2. The summed E-state index contributed by atoms with van der Waals surface area (Å²) in [5.74, 6) is 1.58. The van der Waals surface area contributed by atoms with E-state index in [4.69, 9.17) is 9.98 Å². The largest absolute Gasteiger partial charge is 0.357 e. The van der Waals surface area contributed by atoms with Gasteiger partial charge in [-0.25, -0.2) is 4.98 Å². The molecule has 7 nitrogen and oxygen atoms in total. The van der Waals surface area contributed by atoms with E-state index in [0.29, 0.717) is 12.5 Å². The van der Waals surface area contributed by atoms with Crippen LogP contribution in [0.1, 0.15) is 51.2 Å². The van der Waals surface area contributed by atoms with Crippen molar-refractivity contribution in [3.05, 3.63) is 16.1 Å². The Hall–Kier alpha value is -1.67. The number of aliphatic imine (C=N–C) groups is 1. The van der Waals surface area contributed by atoms with Crippen molar-refractivity contribution in [2.75, 3.05) is 52.9 Å². The van der Waals surface area contributed by atoms with Gasteiger partial charge in [-0.1, -0.05) is 6.92 Å². The second kappa shape index (κ2) is 12.9. The number of likely N-dealkylation sites (tertiary alicyclic amines) is 1. The minimum atomic E-state index is 0.148. The molecule has 0 radical (unpaired) electrons. The molecule has 1 N–H and O–H groups in total. The van der Waals surface area contributed by atoms with Gasteiger partial charge in [0.1, 0.15) is 0 Å². The van der Waals surface area contributed by atoms with E-state index < -0.39 is 0 Å². The molecular weight excluding hydrogens is 396 g/mol. The zero-order chi connectivity index (χ0) is 21.9. The van der Waals surface area contributed by atoms with Crippen molar-refractivity contribution in [2.24, 2.45) is 10.9 Å². The molecule has 0 spiro atoms. The molecule has 1 aromatic rings. The molecule has 0 atom stereocenters. The second-order valence-corrected chi connectivity index (χ2v) is 8.87. The van der Waals surface area contributed by atoms with Gasteiger partial charge >= 0.3 is 0 Å². The van der Waals surface area contributed by atoms with E-state index in [1.807, 2.05) is 30.7 Å². The molecule has 1 aliphatic heterocycles. The Balaban J connectivity index is 1.82. The molecule has 0 aromatic carbocycles. The second-order valence-electron chi connectivity index (χ2n) is 7.92. The van der Waals surface area contributed by atoms with Gasteiger partial charge in [-0.2, -0.15) is 0 Å². The monoisotopic (exact) mass is 436 g/mol. The summed E-state index contributed by atoms with van der Waals surface area (Å²) in [4.78, 5) is 28.3. The first kappa shape index (κ1) is 24.6. The Labute approximate surface area is 186 Å². The maximum atomic E-state index is 12.4. The summed E-state index contributed by atoms with van der Waals surface area (Å²) >= 11 is 1.77. The Bertz CT molecular complexity index is 664. The fraction of sp³-hybridized carbons (Fsp3) is 0.773. The summed E-state index contributed by atoms with van der Waals surface area (Å²) in [6, 6.07) is 0. The number of amides is 1. The van der Waals surface area contributed by atoms with Crippen molar-refractivity contribution in [2.45, 2.75) is 53.5 Å². The van der Waals surface area contributed by atoms with Gasteiger partial charge in [-0.15, -0.1) is 11.3 Å². The van der Waals surface area contributed by atoms with Crippen molar-refractivity contribution < 1.29 is 4.79 Å². The number of hydrogen-bond donors (Lipinski definition) is 1. The lowest BCUT2D eigenvalue weighted by Gasteiger charge is -2.31. The molecular formula is C22H40N6OS. The first-order valence-electron chi connectivity index (χ1n) is 11.4. The van der Waals surface area contributed by atoms with Gasteiger partial charge < -0.3 is 15.1 Å². The lowest BCUT2D eigenvalue weighted by Crippen LogP contribution is -2.46. The van der Waals surface area contributed by atoms with Crippen LogP contribution in [0.2, 0.25) is 0 Å². The molecule has 1 aromatic heterocycles. The zero-order valence-electron chi connectivity index (χ0n) is 19.5. The normalized spacial score (nSPS) is 16.0. The molecule has 2 rings (SSSR count). The number of nitrogens with one attached hydrogen (secondary N) is 1. The molecule has 2 heterocycles. The number of thiazole rings is 1. The molecule has 1 amide bonds. The fourth-order valence-corrected chi connectivity index (χ4v) is 4.52. The summed E-state index contributed by atoms with van der Waals surface area (Å²) in [7, 11) is 1.95. The number of piperidine rings is 1. The summed E-state index contributed by atoms with van der Waals surface area (Å²) in [6.07, 6.45) is 3.35. The summed E-state index contributed by atoms with van der Waals surface area (Å²) in [5.41, 5.74) is 1.21. The highest BCUT2D eigenvalue weighted by atomic mass is 32.1. The first-order chi connectivity index (χ1) is 14.5. The number of carbonyl (C=O) groups excluding carboxylic acids is 1. The number of carbonyl (C=O) groups is 1. The van der Waals surface area contributed by atoms with Crippen LogP contribution < -0.4 is 5.32 Å². The van der Waals surface area contributed by atoms with Crippen LogP contribution in [0.4, 0.5) is 0 Å². The highest BCUT2D eigenvalue weighted by molar-refractivity contribution is 7.09. The van der Waals surface area contributed by atoms with Crippen LogP contribution in [0.25, 0.3) is 0 Å². The molecule has 0 bridgehead atoms. The van der Waals surface area contributed by atoms with Crippen molar-refractivity contribution in [3.63, 3.8) is 0 Å². The van der Waals surface area contributed by atoms with E-state index in [1.54, 1.807) is 11.3 Å². The van der Waals surface area contributed by atoms with Crippen LogP contribution in [0.3, 0.4) is 0 Å². The third-order valence-corrected chi connectivity index (χ3v) is 6.72. The molecule has 8 heteroatoms. The van der Waals surface area contributed by atoms with Gasteiger partial charge in [-0.05, 0) is 59.0 Å². The van der Waals surface area contributed by atoms with Gasteiger partial charge in [0.2, 0.25) is 5.91 Å². The van der Waals surface area contributed by atoms with Crippen molar-refractivity contribution in [1.29, 1.82) is 0 Å². The Morgan fingerprint density at radius 1 is 1.27 bits per heavy atom. The standard InChI is InChI=1S/C22H40N6OS/c1-6-20-25-19(17-30-20)15-27-12-10-18(11-13-27)14-24-22(23-7-2)26(5)16-21(29)28(8-3)9-4/h17-18H,6-16H2,1-5H3,(H,23,24). The van der Waals surface area contributed by atoms with Gasteiger partial charge in [0, 0.05) is 45.2 Å². The van der Waals surface area contributed by atoms with Gasteiger partial charge in [0.25, 0.3) is 0 Å². The topological polar surface area (TPSA) is 64.1 Å². The van der Waals surface area contributed by atoms with Gasteiger partial charge in [-0.3, -0.25) is 14.7 Å². The van der Waals surface area contributed by atoms with E-state index in [0.717, 1.165) is 71.0 Å². The molecule has 0 aliphatic carbocycles. The van der Waals surface area contributed by atoms with E-state index >= 15 is 0 Å². The van der Waals surface area contributed by atoms with E-state index in [9.17, 15) is 4.79 Å². The molecule has 1 saturated heterocycles. The Morgan fingerprint density at radius 2 is 1.97 bits per heavy atom. The number of hydrogen-bond acceptors (Lipinski definition) is 5. The average molecular weight is 437 g/mol. The van der Waals surface area contributed by atoms with E-state index in [1.165, 1.54) is 10.7 Å². The SMILES string of the molecule is CCNC(=NCC1CCN(Cc2csc(CC)n2)CC1)N(C)CC(=O)N(CC)CC. The number of aryl methyl sites for hydroxylation is 1. The molecule has 1 fully saturated rings. The number of aromatic nitrogens is 1. The summed E-state index contributed by atoms with van der Waals surface area (Å²) in [6.45, 7) is 14.9. The lowest BCUT2D eigenvalue weighted by atomic mass is 9.97. The predicted octanol–water partition coefficient (Wildman–Crippen LogP) is 2.68. The van der Waals surface area contributed by atoms with Gasteiger partial charge in [0.15, 0.2) is 5.96 Å². The van der Waals surface area contributed by atoms with Crippen LogP contribution in [-0.2, 0) is 17.8 Å². The van der Waals surface area contributed by atoms with Crippen molar-refractivity contribution in [3.8, 4) is 0 Å². The van der Waals surface area contributed by atoms with Crippen molar-refractivity contribution in [1.82, 2.24) is 25.0 Å². The zero-order valence-corrected chi connectivity index (χ0v) is 20.3. The van der Waals surface area contributed by atoms with Crippen LogP contribution >= 0.6 is 11.3 Å². The minimum Gasteiger partial charge on any atom is -0.357 e. The van der Waals surface area contributed by atoms with Crippen LogP contribution in [0, 0.1) is 5.92 Å². The Morgan fingerprint density at radius 3 is 2.53 bits per heavy atom. The van der Waals surface area contributed by atoms with E-state index in [2.05, 4.69) is 29.4 Å². The number of rotatable bonds is 10. The third-order valence-electron chi connectivity index (χ3n) is 5.68. The summed E-state index contributed by atoms with van der Waals surface area (Å²) < 4.78 is 0.